The van der Waals surface area contributed by atoms with E-state index in [1.54, 1.807) is 6.33 Å². The second-order valence-corrected chi connectivity index (χ2v) is 1.66. The van der Waals surface area contributed by atoms with E-state index in [0.29, 0.717) is 0 Å². The fraction of sp³-hybridized carbons (Fsp3) is 0. The minimum Gasteiger partial charge on any atom is -0.291 e. The van der Waals surface area contributed by atoms with Crippen molar-refractivity contribution in [1.29, 1.82) is 0 Å². The summed E-state index contributed by atoms with van der Waals surface area (Å²) in [5.41, 5.74) is 1.03. The second kappa shape index (κ2) is 1.12. The van der Waals surface area contributed by atoms with Gasteiger partial charge in [0.1, 0.15) is 12.0 Å². The van der Waals surface area contributed by atoms with Crippen molar-refractivity contribution in [3.8, 4) is 0 Å². The molecule has 3 nitrogen and oxygen atoms in total. The van der Waals surface area contributed by atoms with Crippen LogP contribution in [0.15, 0.2) is 24.7 Å². The van der Waals surface area contributed by atoms with Gasteiger partial charge in [0.05, 0.1) is 0 Å². The Hall–Kier alpha value is -1.25. The lowest BCUT2D eigenvalue weighted by Crippen LogP contribution is -1.67. The summed E-state index contributed by atoms with van der Waals surface area (Å²) in [6.45, 7) is 0. The summed E-state index contributed by atoms with van der Waals surface area (Å²) in [7, 11) is 0. The Balaban J connectivity index is 3.06. The van der Waals surface area contributed by atoms with E-state index in [-0.39, 0.29) is 0 Å². The Kier molecular flexibility index (Phi) is 0.521. The Morgan fingerprint density at radius 2 is 2.62 bits per heavy atom. The van der Waals surface area contributed by atoms with Gasteiger partial charge in [-0.1, -0.05) is 0 Å². The standard InChI is InChI=1S/C5H5N3/c1-2-5-7-6-4-8(5)3-1/h1-4,7H. The van der Waals surface area contributed by atoms with Crippen LogP contribution in [0.25, 0.3) is 5.65 Å². The summed E-state index contributed by atoms with van der Waals surface area (Å²) in [6, 6.07) is 3.93. The number of aromatic nitrogens is 3. The minimum absolute atomic E-state index is 1.03. The Labute approximate surface area is 45.9 Å². The molecular weight excluding hydrogens is 102 g/mol. The van der Waals surface area contributed by atoms with Gasteiger partial charge in [0.25, 0.3) is 0 Å². The third-order valence-electron chi connectivity index (χ3n) is 1.14. The van der Waals surface area contributed by atoms with Crippen molar-refractivity contribution in [3.63, 3.8) is 0 Å². The molecule has 40 valence electrons. The van der Waals surface area contributed by atoms with Crippen LogP contribution in [-0.2, 0) is 0 Å². The highest BCUT2D eigenvalue weighted by atomic mass is 15.2. The molecule has 2 rings (SSSR count). The molecule has 2 heterocycles. The van der Waals surface area contributed by atoms with Crippen LogP contribution in [0.3, 0.4) is 0 Å². The molecule has 0 bridgehead atoms. The molecule has 0 aliphatic rings. The second-order valence-electron chi connectivity index (χ2n) is 1.66. The molecule has 0 fully saturated rings. The molecule has 3 heteroatoms. The quantitative estimate of drug-likeness (QED) is 0.527. The normalized spacial score (nSPS) is 10.5. The number of fused-ring (bicyclic) bond motifs is 1. The molecule has 0 amide bonds. The molecule has 0 unspecified atom stereocenters. The van der Waals surface area contributed by atoms with Crippen LogP contribution in [0, 0.1) is 0 Å². The van der Waals surface area contributed by atoms with E-state index in [9.17, 15) is 0 Å². The van der Waals surface area contributed by atoms with Gasteiger partial charge in [0.2, 0.25) is 0 Å². The molecule has 8 heavy (non-hydrogen) atoms. The van der Waals surface area contributed by atoms with Crippen molar-refractivity contribution in [3.05, 3.63) is 24.7 Å². The highest BCUT2D eigenvalue weighted by Gasteiger charge is 1.86. The first-order valence-electron chi connectivity index (χ1n) is 2.43. The molecule has 2 aromatic heterocycles. The summed E-state index contributed by atoms with van der Waals surface area (Å²) < 4.78 is 1.92. The van der Waals surface area contributed by atoms with Gasteiger partial charge in [-0.25, -0.2) is 0 Å². The first-order chi connectivity index (χ1) is 3.97. The smallest absolute Gasteiger partial charge is 0.131 e. The van der Waals surface area contributed by atoms with E-state index >= 15 is 0 Å². The zero-order valence-electron chi connectivity index (χ0n) is 4.20. The summed E-state index contributed by atoms with van der Waals surface area (Å²) in [4.78, 5) is 0. The molecule has 0 aromatic carbocycles. The predicted molar refractivity (Wildman–Crippen MR) is 29.5 cm³/mol. The van der Waals surface area contributed by atoms with Crippen LogP contribution >= 0.6 is 0 Å². The van der Waals surface area contributed by atoms with Gasteiger partial charge in [0, 0.05) is 6.20 Å². The Morgan fingerprint density at radius 3 is 3.50 bits per heavy atom. The van der Waals surface area contributed by atoms with Gasteiger partial charge in [-0.2, -0.15) is 5.10 Å². The first-order valence-corrected chi connectivity index (χ1v) is 2.43. The number of hydrogen-bond donors (Lipinski definition) is 1. The number of nitrogens with zero attached hydrogens (tertiary/aromatic N) is 2. The Morgan fingerprint density at radius 1 is 1.62 bits per heavy atom. The summed E-state index contributed by atoms with van der Waals surface area (Å²) >= 11 is 0. The maximum atomic E-state index is 3.80. The van der Waals surface area contributed by atoms with Crippen molar-refractivity contribution < 1.29 is 0 Å². The largest absolute Gasteiger partial charge is 0.291 e. The lowest BCUT2D eigenvalue weighted by Gasteiger charge is -1.71. The third kappa shape index (κ3) is 0.307. The van der Waals surface area contributed by atoms with Gasteiger partial charge in [-0.15, -0.1) is 0 Å². The SMILES string of the molecule is c1cc2[nH]ncn2c1. The average molecular weight is 107 g/mol. The zero-order chi connectivity index (χ0) is 5.40. The van der Waals surface area contributed by atoms with E-state index in [2.05, 4.69) is 10.2 Å². The lowest BCUT2D eigenvalue weighted by molar-refractivity contribution is 1.10. The first kappa shape index (κ1) is 3.72. The summed E-state index contributed by atoms with van der Waals surface area (Å²) in [5.74, 6) is 0. The summed E-state index contributed by atoms with van der Waals surface area (Å²) in [5, 5.41) is 6.61. The van der Waals surface area contributed by atoms with Crippen molar-refractivity contribution in [1.82, 2.24) is 14.6 Å². The molecular formula is C5H5N3. The molecule has 0 aliphatic heterocycles. The molecule has 0 saturated carbocycles. The van der Waals surface area contributed by atoms with Crippen molar-refractivity contribution in [2.75, 3.05) is 0 Å². The number of rotatable bonds is 0. The number of aromatic amines is 1. The Bertz CT molecular complexity index is 229. The molecule has 2 aromatic rings. The zero-order valence-corrected chi connectivity index (χ0v) is 4.20. The minimum atomic E-state index is 1.03. The maximum Gasteiger partial charge on any atom is 0.131 e. The van der Waals surface area contributed by atoms with Crippen LogP contribution in [0.1, 0.15) is 0 Å². The molecule has 0 spiro atoms. The predicted octanol–water partition coefficient (Wildman–Crippen LogP) is 0.662. The average Bonchev–Trinajstić information content (AvgIpc) is 2.15. The lowest BCUT2D eigenvalue weighted by atomic mass is 10.7. The van der Waals surface area contributed by atoms with E-state index in [4.69, 9.17) is 0 Å². The molecule has 1 N–H and O–H groups in total. The maximum absolute atomic E-state index is 3.80. The van der Waals surface area contributed by atoms with E-state index in [1.165, 1.54) is 0 Å². The van der Waals surface area contributed by atoms with Crippen molar-refractivity contribution in [2.24, 2.45) is 0 Å². The van der Waals surface area contributed by atoms with Gasteiger partial charge in [-0.3, -0.25) is 9.50 Å². The van der Waals surface area contributed by atoms with E-state index in [0.717, 1.165) is 5.65 Å². The fourth-order valence-electron chi connectivity index (χ4n) is 0.746. The topological polar surface area (TPSA) is 33.1 Å². The van der Waals surface area contributed by atoms with Gasteiger partial charge < -0.3 is 0 Å². The third-order valence-corrected chi connectivity index (χ3v) is 1.14. The highest BCUT2D eigenvalue weighted by molar-refractivity contribution is 5.36. The molecule has 0 saturated heterocycles. The van der Waals surface area contributed by atoms with Gasteiger partial charge >= 0.3 is 0 Å². The highest BCUT2D eigenvalue weighted by Crippen LogP contribution is 1.95. The van der Waals surface area contributed by atoms with Gasteiger partial charge in [-0.05, 0) is 12.1 Å². The van der Waals surface area contributed by atoms with Crippen LogP contribution in [0.2, 0.25) is 0 Å². The monoisotopic (exact) mass is 107 g/mol. The molecule has 0 radical (unpaired) electrons. The number of nitrogens with one attached hydrogen (secondary N) is 1. The number of hydrogen-bond acceptors (Lipinski definition) is 1. The van der Waals surface area contributed by atoms with Gasteiger partial charge in [0.15, 0.2) is 0 Å². The van der Waals surface area contributed by atoms with Crippen LogP contribution in [0.4, 0.5) is 0 Å². The van der Waals surface area contributed by atoms with E-state index in [1.807, 2.05) is 22.7 Å². The van der Waals surface area contributed by atoms with Crippen molar-refractivity contribution >= 4 is 5.65 Å². The molecule has 0 aliphatic carbocycles. The summed E-state index contributed by atoms with van der Waals surface area (Å²) in [6.07, 6.45) is 3.67. The van der Waals surface area contributed by atoms with E-state index < -0.39 is 0 Å². The fourth-order valence-corrected chi connectivity index (χ4v) is 0.746. The van der Waals surface area contributed by atoms with Crippen LogP contribution in [-0.4, -0.2) is 14.6 Å². The molecule has 0 atom stereocenters. The van der Waals surface area contributed by atoms with Crippen LogP contribution in [0.5, 0.6) is 0 Å². The van der Waals surface area contributed by atoms with Crippen LogP contribution < -0.4 is 0 Å². The van der Waals surface area contributed by atoms with Crippen molar-refractivity contribution in [2.45, 2.75) is 0 Å². The number of H-pyrrole nitrogens is 1.